The van der Waals surface area contributed by atoms with Crippen molar-refractivity contribution in [2.45, 2.75) is 52.6 Å². The zero-order valence-corrected chi connectivity index (χ0v) is 15.3. The number of esters is 2. The zero-order valence-electron chi connectivity index (χ0n) is 15.3. The summed E-state index contributed by atoms with van der Waals surface area (Å²) < 4.78 is 11.0. The van der Waals surface area contributed by atoms with Crippen molar-refractivity contribution >= 4 is 11.9 Å². The molecular weight excluding hydrogens is 304 g/mol. The van der Waals surface area contributed by atoms with Gasteiger partial charge in [-0.2, -0.15) is 0 Å². The standard InChI is InChI=1S/C20H28O4/c1-18(2,3)24-16(21)19(4)10-13-9-14(19)15-11-6-7-12(8-11)20(13,15)17(22)23-5/h6-7,11-15H,8-10H2,1-5H3. The molecule has 4 bridgehead atoms. The monoisotopic (exact) mass is 332 g/mol. The highest BCUT2D eigenvalue weighted by Gasteiger charge is 2.77. The van der Waals surface area contributed by atoms with E-state index in [2.05, 4.69) is 19.1 Å². The van der Waals surface area contributed by atoms with Crippen LogP contribution in [-0.4, -0.2) is 24.6 Å². The molecule has 4 nitrogen and oxygen atoms in total. The lowest BCUT2D eigenvalue weighted by Gasteiger charge is -2.48. The molecule has 132 valence electrons. The van der Waals surface area contributed by atoms with Crippen LogP contribution < -0.4 is 0 Å². The molecule has 0 amide bonds. The lowest BCUT2D eigenvalue weighted by molar-refractivity contribution is -0.180. The Morgan fingerprint density at radius 3 is 2.46 bits per heavy atom. The number of methoxy groups -OCH3 is 1. The van der Waals surface area contributed by atoms with Crippen molar-refractivity contribution in [3.63, 3.8) is 0 Å². The second-order valence-electron chi connectivity index (χ2n) is 9.50. The summed E-state index contributed by atoms with van der Waals surface area (Å²) in [6.45, 7) is 7.81. The van der Waals surface area contributed by atoms with Crippen LogP contribution in [0.5, 0.6) is 0 Å². The summed E-state index contributed by atoms with van der Waals surface area (Å²) in [5.41, 5.74) is -1.34. The predicted molar refractivity (Wildman–Crippen MR) is 88.8 cm³/mol. The summed E-state index contributed by atoms with van der Waals surface area (Å²) in [5.74, 6) is 1.24. The molecule has 0 aromatic rings. The van der Waals surface area contributed by atoms with Crippen LogP contribution in [0, 0.1) is 40.4 Å². The Hall–Kier alpha value is -1.32. The molecule has 0 heterocycles. The smallest absolute Gasteiger partial charge is 0.312 e. The maximum Gasteiger partial charge on any atom is 0.312 e. The summed E-state index contributed by atoms with van der Waals surface area (Å²) in [6.07, 6.45) is 7.23. The first-order valence-electron chi connectivity index (χ1n) is 9.15. The van der Waals surface area contributed by atoms with E-state index in [1.54, 1.807) is 0 Å². The minimum atomic E-state index is -0.476. The Balaban J connectivity index is 1.71. The third-order valence-corrected chi connectivity index (χ3v) is 7.28. The lowest BCUT2D eigenvalue weighted by atomic mass is 9.55. The van der Waals surface area contributed by atoms with E-state index in [0.29, 0.717) is 5.92 Å². The fourth-order valence-corrected chi connectivity index (χ4v) is 6.64. The van der Waals surface area contributed by atoms with E-state index < -0.39 is 11.0 Å². The van der Waals surface area contributed by atoms with Crippen molar-refractivity contribution in [3.8, 4) is 0 Å². The molecule has 0 N–H and O–H groups in total. The van der Waals surface area contributed by atoms with Crippen molar-refractivity contribution in [1.29, 1.82) is 0 Å². The van der Waals surface area contributed by atoms with E-state index in [1.807, 2.05) is 20.8 Å². The maximum atomic E-state index is 13.0. The summed E-state index contributed by atoms with van der Waals surface area (Å²) in [6, 6.07) is 0. The molecule has 7 atom stereocenters. The SMILES string of the molecule is COC(=O)C12C3C=CC(C3)C1C1CC2CC1(C)C(=O)OC(C)(C)C. The molecule has 3 saturated carbocycles. The van der Waals surface area contributed by atoms with Gasteiger partial charge in [0.15, 0.2) is 0 Å². The van der Waals surface area contributed by atoms with E-state index in [0.717, 1.165) is 19.3 Å². The topological polar surface area (TPSA) is 52.6 Å². The normalized spacial score (nSPS) is 47.8. The summed E-state index contributed by atoms with van der Waals surface area (Å²) >= 11 is 0. The van der Waals surface area contributed by atoms with Crippen molar-refractivity contribution in [3.05, 3.63) is 12.2 Å². The molecule has 4 aliphatic carbocycles. The van der Waals surface area contributed by atoms with Gasteiger partial charge in [0.1, 0.15) is 5.60 Å². The van der Waals surface area contributed by atoms with E-state index in [1.165, 1.54) is 7.11 Å². The number of rotatable bonds is 2. The summed E-state index contributed by atoms with van der Waals surface area (Å²) in [5, 5.41) is 0. The van der Waals surface area contributed by atoms with Crippen LogP contribution in [0.15, 0.2) is 12.2 Å². The van der Waals surface area contributed by atoms with Gasteiger partial charge in [0.25, 0.3) is 0 Å². The van der Waals surface area contributed by atoms with Gasteiger partial charge in [0.05, 0.1) is 17.9 Å². The highest BCUT2D eigenvalue weighted by atomic mass is 16.6. The van der Waals surface area contributed by atoms with Crippen LogP contribution in [0.25, 0.3) is 0 Å². The molecule has 0 aromatic carbocycles. The first-order chi connectivity index (χ1) is 11.1. The predicted octanol–water partition coefficient (Wildman–Crippen LogP) is 3.36. The number of fused-ring (bicyclic) bond motifs is 9. The third kappa shape index (κ3) is 1.75. The molecule has 3 fully saturated rings. The summed E-state index contributed by atoms with van der Waals surface area (Å²) in [4.78, 5) is 25.8. The van der Waals surface area contributed by atoms with Gasteiger partial charge in [-0.25, -0.2) is 0 Å². The van der Waals surface area contributed by atoms with Gasteiger partial charge in [0, 0.05) is 0 Å². The van der Waals surface area contributed by atoms with Crippen molar-refractivity contribution in [2.24, 2.45) is 40.4 Å². The molecular formula is C20H28O4. The average molecular weight is 332 g/mol. The molecule has 24 heavy (non-hydrogen) atoms. The number of hydrogen-bond acceptors (Lipinski definition) is 4. The quantitative estimate of drug-likeness (QED) is 0.442. The molecule has 0 radical (unpaired) electrons. The summed E-state index contributed by atoms with van der Waals surface area (Å²) in [7, 11) is 1.50. The van der Waals surface area contributed by atoms with Crippen LogP contribution in [0.4, 0.5) is 0 Å². The molecule has 4 aliphatic rings. The number of carbonyl (C=O) groups is 2. The van der Waals surface area contributed by atoms with E-state index in [-0.39, 0.29) is 41.0 Å². The van der Waals surface area contributed by atoms with E-state index in [4.69, 9.17) is 9.47 Å². The lowest BCUT2D eigenvalue weighted by Crippen LogP contribution is -2.53. The largest absolute Gasteiger partial charge is 0.469 e. The van der Waals surface area contributed by atoms with Gasteiger partial charge in [-0.15, -0.1) is 0 Å². The van der Waals surface area contributed by atoms with Crippen LogP contribution in [0.2, 0.25) is 0 Å². The van der Waals surface area contributed by atoms with Crippen molar-refractivity contribution in [2.75, 3.05) is 7.11 Å². The number of ether oxygens (including phenoxy) is 2. The minimum absolute atomic E-state index is 0.0527. The van der Waals surface area contributed by atoms with Crippen LogP contribution in [0.3, 0.4) is 0 Å². The van der Waals surface area contributed by atoms with Gasteiger partial charge >= 0.3 is 11.9 Å². The maximum absolute atomic E-state index is 13.0. The third-order valence-electron chi connectivity index (χ3n) is 7.28. The van der Waals surface area contributed by atoms with E-state index >= 15 is 0 Å². The molecule has 4 heteroatoms. The molecule has 0 saturated heterocycles. The van der Waals surface area contributed by atoms with Gasteiger partial charge < -0.3 is 9.47 Å². The Kier molecular flexibility index (Phi) is 3.13. The zero-order chi connectivity index (χ0) is 17.5. The fraction of sp³-hybridized carbons (Fsp3) is 0.800. The van der Waals surface area contributed by atoms with Crippen molar-refractivity contribution in [1.82, 2.24) is 0 Å². The molecule has 4 rings (SSSR count). The number of carbonyl (C=O) groups excluding carboxylic acids is 2. The molecule has 7 unspecified atom stereocenters. The highest BCUT2D eigenvalue weighted by Crippen LogP contribution is 2.76. The second-order valence-corrected chi connectivity index (χ2v) is 9.50. The van der Waals surface area contributed by atoms with E-state index in [9.17, 15) is 9.59 Å². The molecule has 0 spiro atoms. The second kappa shape index (κ2) is 4.64. The Bertz CT molecular complexity index is 630. The Labute approximate surface area is 144 Å². The molecule has 0 aliphatic heterocycles. The van der Waals surface area contributed by atoms with Crippen molar-refractivity contribution < 1.29 is 19.1 Å². The van der Waals surface area contributed by atoms with Crippen LogP contribution in [-0.2, 0) is 19.1 Å². The van der Waals surface area contributed by atoms with Crippen LogP contribution >= 0.6 is 0 Å². The van der Waals surface area contributed by atoms with Gasteiger partial charge in [-0.1, -0.05) is 12.2 Å². The van der Waals surface area contributed by atoms with Gasteiger partial charge in [0.2, 0.25) is 0 Å². The Morgan fingerprint density at radius 2 is 1.83 bits per heavy atom. The van der Waals surface area contributed by atoms with Gasteiger partial charge in [-0.05, 0) is 76.5 Å². The molecule has 0 aromatic heterocycles. The van der Waals surface area contributed by atoms with Gasteiger partial charge in [-0.3, -0.25) is 9.59 Å². The number of hydrogen-bond donors (Lipinski definition) is 0. The number of allylic oxidation sites excluding steroid dienone is 2. The van der Waals surface area contributed by atoms with Crippen LogP contribution in [0.1, 0.15) is 47.0 Å². The fourth-order valence-electron chi connectivity index (χ4n) is 6.64. The highest BCUT2D eigenvalue weighted by molar-refractivity contribution is 5.84. The first-order valence-corrected chi connectivity index (χ1v) is 9.15. The average Bonchev–Trinajstić information content (AvgIpc) is 3.21. The Morgan fingerprint density at radius 1 is 1.12 bits per heavy atom. The first kappa shape index (κ1) is 16.2. The minimum Gasteiger partial charge on any atom is -0.469 e.